The van der Waals surface area contributed by atoms with E-state index in [-0.39, 0.29) is 0 Å². The van der Waals surface area contributed by atoms with Gasteiger partial charge < -0.3 is 4.90 Å². The summed E-state index contributed by atoms with van der Waals surface area (Å²) in [7, 11) is 4.36. The summed E-state index contributed by atoms with van der Waals surface area (Å²) >= 11 is 0. The van der Waals surface area contributed by atoms with Gasteiger partial charge in [0.15, 0.2) is 0 Å². The quantitative estimate of drug-likeness (QED) is 0.705. The molecule has 1 unspecified atom stereocenters. The van der Waals surface area contributed by atoms with Crippen molar-refractivity contribution in [1.82, 2.24) is 4.90 Å². The van der Waals surface area contributed by atoms with Crippen LogP contribution in [0.15, 0.2) is 41.5 Å². The van der Waals surface area contributed by atoms with Crippen molar-refractivity contribution in [1.29, 1.82) is 0 Å². The van der Waals surface area contributed by atoms with Crippen molar-refractivity contribution in [2.24, 2.45) is 0 Å². The van der Waals surface area contributed by atoms with E-state index < -0.39 is 0 Å². The Morgan fingerprint density at radius 3 is 2.73 bits per heavy atom. The summed E-state index contributed by atoms with van der Waals surface area (Å²) in [6, 6.07) is 6.95. The third kappa shape index (κ3) is 3.20. The number of hydrogen-bond acceptors (Lipinski definition) is 1. The third-order valence-corrected chi connectivity index (χ3v) is 5.34. The van der Waals surface area contributed by atoms with Crippen LogP contribution in [0.2, 0.25) is 0 Å². The summed E-state index contributed by atoms with van der Waals surface area (Å²) in [6.45, 7) is 3.48. The Bertz CT molecular complexity index is 592. The van der Waals surface area contributed by atoms with Gasteiger partial charge in [-0.3, -0.25) is 0 Å². The maximum Gasteiger partial charge on any atom is 0.00573 e. The minimum absolute atomic E-state index is 0.650. The van der Waals surface area contributed by atoms with Crippen LogP contribution in [0.5, 0.6) is 0 Å². The van der Waals surface area contributed by atoms with E-state index in [0.29, 0.717) is 5.92 Å². The molecule has 0 saturated heterocycles. The maximum absolute atomic E-state index is 2.40. The van der Waals surface area contributed by atoms with Crippen LogP contribution in [-0.2, 0) is 6.42 Å². The molecule has 0 spiro atoms. The van der Waals surface area contributed by atoms with Gasteiger partial charge in [0.2, 0.25) is 0 Å². The summed E-state index contributed by atoms with van der Waals surface area (Å²) < 4.78 is 0. The molecule has 1 heteroatoms. The largest absolute Gasteiger partial charge is 0.309 e. The smallest absolute Gasteiger partial charge is 0.00573 e. The van der Waals surface area contributed by atoms with Gasteiger partial charge in [0, 0.05) is 5.92 Å². The minimum Gasteiger partial charge on any atom is -0.309 e. The molecule has 2 aliphatic carbocycles. The van der Waals surface area contributed by atoms with Gasteiger partial charge >= 0.3 is 0 Å². The molecule has 0 fully saturated rings. The first-order valence-electron chi connectivity index (χ1n) is 8.75. The fraction of sp³-hybridized carbons (Fsp3) is 0.524. The molecule has 22 heavy (non-hydrogen) atoms. The van der Waals surface area contributed by atoms with Gasteiger partial charge in [-0.25, -0.2) is 0 Å². The zero-order chi connectivity index (χ0) is 15.5. The van der Waals surface area contributed by atoms with Crippen molar-refractivity contribution >= 4 is 0 Å². The number of aryl methyl sites for hydroxylation is 1. The van der Waals surface area contributed by atoms with E-state index >= 15 is 0 Å². The van der Waals surface area contributed by atoms with Gasteiger partial charge in [-0.05, 0) is 82.8 Å². The Balaban J connectivity index is 1.93. The predicted octanol–water partition coefficient (Wildman–Crippen LogP) is 5.01. The SMILES string of the molecule is Cc1cccc2c1CCC1=C(CC=CC1)C2CCCN(C)C. The lowest BCUT2D eigenvalue weighted by molar-refractivity contribution is 0.388. The average molecular weight is 295 g/mol. The van der Waals surface area contributed by atoms with Crippen molar-refractivity contribution in [3.63, 3.8) is 0 Å². The maximum atomic E-state index is 2.40. The second-order valence-corrected chi connectivity index (χ2v) is 7.15. The zero-order valence-corrected chi connectivity index (χ0v) is 14.4. The normalized spacial score (nSPS) is 20.8. The van der Waals surface area contributed by atoms with Gasteiger partial charge in [0.1, 0.15) is 0 Å². The highest BCUT2D eigenvalue weighted by Gasteiger charge is 2.26. The van der Waals surface area contributed by atoms with E-state index in [1.807, 2.05) is 0 Å². The Morgan fingerprint density at radius 1 is 1.09 bits per heavy atom. The molecule has 0 aromatic heterocycles. The number of nitrogens with zero attached hydrogens (tertiary/aromatic N) is 1. The molecule has 1 aromatic rings. The second kappa shape index (κ2) is 6.83. The minimum atomic E-state index is 0.650. The molecule has 1 nitrogen and oxygen atoms in total. The summed E-state index contributed by atoms with van der Waals surface area (Å²) in [5, 5.41) is 0. The lowest BCUT2D eigenvalue weighted by atomic mass is 9.80. The van der Waals surface area contributed by atoms with Gasteiger partial charge in [-0.2, -0.15) is 0 Å². The highest BCUT2D eigenvalue weighted by molar-refractivity contribution is 5.46. The fourth-order valence-electron chi connectivity index (χ4n) is 4.16. The number of benzene rings is 1. The third-order valence-electron chi connectivity index (χ3n) is 5.34. The average Bonchev–Trinajstić information content (AvgIpc) is 2.66. The number of fused-ring (bicyclic) bond motifs is 1. The zero-order valence-electron chi connectivity index (χ0n) is 14.4. The van der Waals surface area contributed by atoms with Gasteiger partial charge in [-0.1, -0.05) is 41.5 Å². The number of hydrogen-bond donors (Lipinski definition) is 0. The first-order valence-corrected chi connectivity index (χ1v) is 8.75. The van der Waals surface area contributed by atoms with Gasteiger partial charge in [0.05, 0.1) is 0 Å². The predicted molar refractivity (Wildman–Crippen MR) is 95.4 cm³/mol. The van der Waals surface area contributed by atoms with E-state index in [1.165, 1.54) is 50.6 Å². The van der Waals surface area contributed by atoms with Crippen molar-refractivity contribution in [3.8, 4) is 0 Å². The molecule has 2 aliphatic rings. The molecule has 0 N–H and O–H groups in total. The molecule has 0 heterocycles. The molecule has 0 aliphatic heterocycles. The van der Waals surface area contributed by atoms with Gasteiger partial charge in [-0.15, -0.1) is 0 Å². The summed E-state index contributed by atoms with van der Waals surface area (Å²) in [5.41, 5.74) is 8.22. The highest BCUT2D eigenvalue weighted by atomic mass is 15.0. The molecule has 0 saturated carbocycles. The molecule has 0 amide bonds. The summed E-state index contributed by atoms with van der Waals surface area (Å²) in [4.78, 5) is 2.31. The van der Waals surface area contributed by atoms with Crippen LogP contribution in [0.1, 0.15) is 54.7 Å². The van der Waals surface area contributed by atoms with Crippen LogP contribution in [0, 0.1) is 6.92 Å². The van der Waals surface area contributed by atoms with Crippen molar-refractivity contribution in [2.45, 2.75) is 51.4 Å². The molecule has 0 radical (unpaired) electrons. The lowest BCUT2D eigenvalue weighted by Crippen LogP contribution is -2.15. The monoisotopic (exact) mass is 295 g/mol. The first kappa shape index (κ1) is 15.6. The van der Waals surface area contributed by atoms with E-state index in [0.717, 1.165) is 0 Å². The molecule has 1 aromatic carbocycles. The van der Waals surface area contributed by atoms with E-state index in [2.05, 4.69) is 56.3 Å². The van der Waals surface area contributed by atoms with E-state index in [4.69, 9.17) is 0 Å². The lowest BCUT2D eigenvalue weighted by Gasteiger charge is -2.25. The summed E-state index contributed by atoms with van der Waals surface area (Å²) in [5.74, 6) is 0.650. The summed E-state index contributed by atoms with van der Waals surface area (Å²) in [6.07, 6.45) is 12.2. The number of rotatable bonds is 4. The van der Waals surface area contributed by atoms with Crippen LogP contribution < -0.4 is 0 Å². The molecule has 1 atom stereocenters. The molecular formula is C21H29N. The highest BCUT2D eigenvalue weighted by Crippen LogP contribution is 2.42. The molecular weight excluding hydrogens is 266 g/mol. The molecule has 0 bridgehead atoms. The second-order valence-electron chi connectivity index (χ2n) is 7.15. The Hall–Kier alpha value is -1.34. The topological polar surface area (TPSA) is 3.24 Å². The standard InChI is InChI=1S/C21H29N/c1-16-8-6-11-20-18(16)14-13-17-9-4-5-10-19(17)21(20)12-7-15-22(2)3/h4-6,8,11,21H,7,9-10,12-15H2,1-3H3. The van der Waals surface area contributed by atoms with Crippen molar-refractivity contribution < 1.29 is 0 Å². The first-order chi connectivity index (χ1) is 10.7. The van der Waals surface area contributed by atoms with Crippen molar-refractivity contribution in [3.05, 3.63) is 58.2 Å². The Morgan fingerprint density at radius 2 is 1.91 bits per heavy atom. The van der Waals surface area contributed by atoms with Gasteiger partial charge in [0.25, 0.3) is 0 Å². The van der Waals surface area contributed by atoms with Crippen LogP contribution in [0.3, 0.4) is 0 Å². The van der Waals surface area contributed by atoms with E-state index in [9.17, 15) is 0 Å². The number of allylic oxidation sites excluding steroid dienone is 4. The van der Waals surface area contributed by atoms with Crippen molar-refractivity contribution in [2.75, 3.05) is 20.6 Å². The molecule has 118 valence electrons. The van der Waals surface area contributed by atoms with Crippen LogP contribution in [0.4, 0.5) is 0 Å². The Kier molecular flexibility index (Phi) is 4.83. The Labute approximate surface area is 135 Å². The van der Waals surface area contributed by atoms with E-state index in [1.54, 1.807) is 22.3 Å². The van der Waals surface area contributed by atoms with Crippen LogP contribution in [-0.4, -0.2) is 25.5 Å². The van der Waals surface area contributed by atoms with Crippen LogP contribution >= 0.6 is 0 Å². The molecule has 3 rings (SSSR count). The fourth-order valence-corrected chi connectivity index (χ4v) is 4.16. The van der Waals surface area contributed by atoms with Crippen LogP contribution in [0.25, 0.3) is 0 Å².